The van der Waals surface area contributed by atoms with Crippen LogP contribution < -0.4 is 5.32 Å². The number of likely N-dealkylation sites (tertiary alicyclic amines) is 1. The molecule has 2 N–H and O–H groups in total. The monoisotopic (exact) mass is 373 g/mol. The van der Waals surface area contributed by atoms with Crippen LogP contribution in [0.15, 0.2) is 24.3 Å². The summed E-state index contributed by atoms with van der Waals surface area (Å²) >= 11 is 0. The van der Waals surface area contributed by atoms with Gasteiger partial charge in [0.2, 0.25) is 5.91 Å². The molecule has 1 fully saturated rings. The van der Waals surface area contributed by atoms with E-state index in [2.05, 4.69) is 5.32 Å². The first-order valence-electron chi connectivity index (χ1n) is 8.87. The quantitative estimate of drug-likeness (QED) is 0.740. The molecule has 0 aromatic heterocycles. The number of ether oxygens (including phenoxy) is 1. The number of amides is 2. The largest absolute Gasteiger partial charge is 0.480 e. The third kappa shape index (κ3) is 5.79. The molecule has 1 atom stereocenters. The Bertz CT molecular complexity index is 718. The molecule has 1 heterocycles. The van der Waals surface area contributed by atoms with Gasteiger partial charge in [0.1, 0.15) is 12.6 Å². The third-order valence-electron chi connectivity index (χ3n) is 4.48. The van der Waals surface area contributed by atoms with E-state index < -0.39 is 12.0 Å². The van der Waals surface area contributed by atoms with Crippen molar-refractivity contribution in [3.8, 4) is 6.07 Å². The maximum absolute atomic E-state index is 12.7. The zero-order valence-corrected chi connectivity index (χ0v) is 15.2. The van der Waals surface area contributed by atoms with Crippen LogP contribution in [0.1, 0.15) is 42.1 Å². The fourth-order valence-electron chi connectivity index (χ4n) is 2.93. The molecule has 2 amide bonds. The molecule has 0 aliphatic carbocycles. The number of nitrogens with zero attached hydrogens (tertiary/aromatic N) is 2. The van der Waals surface area contributed by atoms with Crippen LogP contribution in [0.2, 0.25) is 0 Å². The minimum Gasteiger partial charge on any atom is -0.480 e. The molecule has 0 spiro atoms. The second-order valence-electron chi connectivity index (χ2n) is 6.35. The van der Waals surface area contributed by atoms with Gasteiger partial charge in [0, 0.05) is 18.7 Å². The molecule has 0 bridgehead atoms. The van der Waals surface area contributed by atoms with Gasteiger partial charge in [0.05, 0.1) is 17.7 Å². The Morgan fingerprint density at radius 3 is 2.44 bits per heavy atom. The van der Waals surface area contributed by atoms with Crippen molar-refractivity contribution in [1.82, 2.24) is 10.2 Å². The second kappa shape index (κ2) is 9.69. The highest BCUT2D eigenvalue weighted by molar-refractivity contribution is 5.97. The minimum absolute atomic E-state index is 0.156. The van der Waals surface area contributed by atoms with E-state index in [0.29, 0.717) is 43.5 Å². The summed E-state index contributed by atoms with van der Waals surface area (Å²) in [7, 11) is 0. The lowest BCUT2D eigenvalue weighted by molar-refractivity contribution is -0.147. The molecular weight excluding hydrogens is 350 g/mol. The SMILES string of the molecule is CC[C@H](NC(=O)c1ccc(C#N)cc1)C(=O)N1CCC(OCC(=O)O)CC1. The van der Waals surface area contributed by atoms with Gasteiger partial charge in [-0.1, -0.05) is 6.92 Å². The van der Waals surface area contributed by atoms with Crippen molar-refractivity contribution in [2.45, 2.75) is 38.3 Å². The number of rotatable bonds is 7. The van der Waals surface area contributed by atoms with Crippen molar-refractivity contribution in [3.63, 3.8) is 0 Å². The Balaban J connectivity index is 1.89. The first-order chi connectivity index (χ1) is 12.9. The van der Waals surface area contributed by atoms with Crippen molar-refractivity contribution in [1.29, 1.82) is 5.26 Å². The zero-order valence-electron chi connectivity index (χ0n) is 15.2. The van der Waals surface area contributed by atoms with E-state index >= 15 is 0 Å². The van der Waals surface area contributed by atoms with Gasteiger partial charge in [0.15, 0.2) is 0 Å². The van der Waals surface area contributed by atoms with E-state index in [1.165, 1.54) is 0 Å². The van der Waals surface area contributed by atoms with Crippen LogP contribution in [0.3, 0.4) is 0 Å². The van der Waals surface area contributed by atoms with E-state index in [0.717, 1.165) is 0 Å². The fourth-order valence-corrected chi connectivity index (χ4v) is 2.93. The lowest BCUT2D eigenvalue weighted by atomic mass is 10.1. The van der Waals surface area contributed by atoms with Gasteiger partial charge in [-0.05, 0) is 43.5 Å². The minimum atomic E-state index is -1.01. The highest BCUT2D eigenvalue weighted by Crippen LogP contribution is 2.15. The molecule has 1 aromatic carbocycles. The fraction of sp³-hybridized carbons (Fsp3) is 0.474. The number of hydrogen-bond donors (Lipinski definition) is 2. The summed E-state index contributed by atoms with van der Waals surface area (Å²) < 4.78 is 5.27. The van der Waals surface area contributed by atoms with Gasteiger partial charge in [-0.15, -0.1) is 0 Å². The van der Waals surface area contributed by atoms with E-state index in [1.807, 2.05) is 13.0 Å². The van der Waals surface area contributed by atoms with Crippen molar-refractivity contribution in [2.24, 2.45) is 0 Å². The van der Waals surface area contributed by atoms with Gasteiger partial charge in [-0.25, -0.2) is 4.79 Å². The van der Waals surface area contributed by atoms with E-state index in [9.17, 15) is 14.4 Å². The summed E-state index contributed by atoms with van der Waals surface area (Å²) in [5, 5.41) is 20.2. The van der Waals surface area contributed by atoms with Crippen LogP contribution in [0.25, 0.3) is 0 Å². The lowest BCUT2D eigenvalue weighted by Crippen LogP contribution is -2.51. The maximum atomic E-state index is 12.7. The van der Waals surface area contributed by atoms with Gasteiger partial charge in [0.25, 0.3) is 5.91 Å². The van der Waals surface area contributed by atoms with Crippen molar-refractivity contribution < 1.29 is 24.2 Å². The van der Waals surface area contributed by atoms with Crippen LogP contribution in [0.5, 0.6) is 0 Å². The molecule has 0 saturated carbocycles. The summed E-state index contributed by atoms with van der Waals surface area (Å²) in [5.41, 5.74) is 0.851. The Morgan fingerprint density at radius 2 is 1.93 bits per heavy atom. The normalized spacial score (nSPS) is 15.6. The first kappa shape index (κ1) is 20.4. The van der Waals surface area contributed by atoms with Gasteiger partial charge >= 0.3 is 5.97 Å². The number of hydrogen-bond acceptors (Lipinski definition) is 5. The first-order valence-corrected chi connectivity index (χ1v) is 8.87. The molecular formula is C19H23N3O5. The second-order valence-corrected chi connectivity index (χ2v) is 6.35. The molecule has 1 aromatic rings. The lowest BCUT2D eigenvalue weighted by Gasteiger charge is -2.34. The molecule has 1 aliphatic heterocycles. The predicted molar refractivity (Wildman–Crippen MR) is 95.9 cm³/mol. The zero-order chi connectivity index (χ0) is 19.8. The Morgan fingerprint density at radius 1 is 1.30 bits per heavy atom. The Labute approximate surface area is 157 Å². The van der Waals surface area contributed by atoms with Gasteiger partial charge in [-0.2, -0.15) is 5.26 Å². The van der Waals surface area contributed by atoms with Crippen LogP contribution in [-0.2, 0) is 14.3 Å². The molecule has 1 saturated heterocycles. The van der Waals surface area contributed by atoms with Crippen LogP contribution in [0, 0.1) is 11.3 Å². The summed E-state index contributed by atoms with van der Waals surface area (Å²) in [4.78, 5) is 37.3. The highest BCUT2D eigenvalue weighted by Gasteiger charge is 2.29. The third-order valence-corrected chi connectivity index (χ3v) is 4.48. The van der Waals surface area contributed by atoms with Crippen LogP contribution in [0.4, 0.5) is 0 Å². The molecule has 27 heavy (non-hydrogen) atoms. The number of carbonyl (C=O) groups is 3. The summed E-state index contributed by atoms with van der Waals surface area (Å²) in [6, 6.07) is 7.57. The number of carbonyl (C=O) groups excluding carboxylic acids is 2. The van der Waals surface area contributed by atoms with Crippen molar-refractivity contribution >= 4 is 17.8 Å². The number of nitrogens with one attached hydrogen (secondary N) is 1. The average Bonchev–Trinajstić information content (AvgIpc) is 2.70. The molecule has 2 rings (SSSR count). The van der Waals surface area contributed by atoms with Crippen LogP contribution in [-0.4, -0.2) is 59.6 Å². The number of nitriles is 1. The predicted octanol–water partition coefficient (Wildman–Crippen LogP) is 1.16. The molecule has 0 unspecified atom stereocenters. The van der Waals surface area contributed by atoms with Gasteiger partial charge < -0.3 is 20.1 Å². The molecule has 144 valence electrons. The summed E-state index contributed by atoms with van der Waals surface area (Å²) in [6.07, 6.45) is 1.42. The highest BCUT2D eigenvalue weighted by atomic mass is 16.5. The smallest absolute Gasteiger partial charge is 0.329 e. The van der Waals surface area contributed by atoms with E-state index in [-0.39, 0.29) is 24.5 Å². The number of benzene rings is 1. The molecule has 8 heteroatoms. The molecule has 8 nitrogen and oxygen atoms in total. The van der Waals surface area contributed by atoms with Crippen LogP contribution >= 0.6 is 0 Å². The summed E-state index contributed by atoms with van der Waals surface area (Å²) in [5.74, 6) is -1.53. The van der Waals surface area contributed by atoms with Crippen molar-refractivity contribution in [3.05, 3.63) is 35.4 Å². The van der Waals surface area contributed by atoms with E-state index in [1.54, 1.807) is 29.2 Å². The topological polar surface area (TPSA) is 120 Å². The molecule has 0 radical (unpaired) electrons. The number of piperidine rings is 1. The summed E-state index contributed by atoms with van der Waals surface area (Å²) in [6.45, 7) is 2.42. The van der Waals surface area contributed by atoms with Gasteiger partial charge in [-0.3, -0.25) is 9.59 Å². The Kier molecular flexibility index (Phi) is 7.32. The van der Waals surface area contributed by atoms with E-state index in [4.69, 9.17) is 15.1 Å². The Hall–Kier alpha value is -2.92. The number of carboxylic acids is 1. The number of carboxylic acid groups (broad SMARTS) is 1. The standard InChI is InChI=1S/C19H23N3O5/c1-2-16(21-18(25)14-5-3-13(11-20)4-6-14)19(26)22-9-7-15(8-10-22)27-12-17(23)24/h3-6,15-16H,2,7-10,12H2,1H3,(H,21,25)(H,23,24)/t16-/m0/s1. The maximum Gasteiger partial charge on any atom is 0.329 e. The molecule has 1 aliphatic rings. The number of aliphatic carboxylic acids is 1. The average molecular weight is 373 g/mol. The van der Waals surface area contributed by atoms with Crippen molar-refractivity contribution in [2.75, 3.05) is 19.7 Å².